The lowest BCUT2D eigenvalue weighted by atomic mass is 10.0. The molecule has 0 aromatic carbocycles. The van der Waals surface area contributed by atoms with Crippen molar-refractivity contribution in [1.82, 2.24) is 47.9 Å². The van der Waals surface area contributed by atoms with Crippen molar-refractivity contribution < 1.29 is 82.8 Å². The molecule has 0 aliphatic heterocycles. The fourth-order valence-electron chi connectivity index (χ4n) is 7.32. The Balaban J connectivity index is 6.68. The van der Waals surface area contributed by atoms with Gasteiger partial charge in [-0.2, -0.15) is 0 Å². The second-order valence-electron chi connectivity index (χ2n) is 19.6. The number of hydrogen-bond donors (Lipinski definition) is 19. The number of hydrogen-bond acceptors (Lipinski definition) is 17. The Morgan fingerprint density at radius 1 is 0.378 bits per heavy atom. The molecule has 0 bridgehead atoms. The molecule has 10 atom stereocenters. The molecule has 82 heavy (non-hydrogen) atoms. The molecule has 0 spiro atoms. The van der Waals surface area contributed by atoms with Crippen LogP contribution in [0.25, 0.3) is 0 Å². The Kier molecular flexibility index (Phi) is 35.0. The Bertz CT molecular complexity index is 2260. The molecule has 0 saturated carbocycles. The second-order valence-corrected chi connectivity index (χ2v) is 19.6. The third-order valence-corrected chi connectivity index (χ3v) is 11.9. The van der Waals surface area contributed by atoms with Crippen LogP contribution < -0.4 is 82.3 Å². The van der Waals surface area contributed by atoms with Crippen LogP contribution in [0, 0.1) is 5.92 Å². The summed E-state index contributed by atoms with van der Waals surface area (Å²) in [6.07, 6.45) is -2.37. The molecule has 9 amide bonds. The zero-order valence-corrected chi connectivity index (χ0v) is 46.8. The number of carboxylic acids is 4. The normalized spacial score (nSPS) is 14.5. The van der Waals surface area contributed by atoms with Gasteiger partial charge < -0.3 is 103 Å². The molecule has 0 aromatic heterocycles. The van der Waals surface area contributed by atoms with E-state index in [1.807, 2.05) is 0 Å². The van der Waals surface area contributed by atoms with E-state index in [4.69, 9.17) is 39.5 Å². The van der Waals surface area contributed by atoms with Crippen LogP contribution in [-0.2, 0) is 62.3 Å². The van der Waals surface area contributed by atoms with Gasteiger partial charge >= 0.3 is 23.9 Å². The van der Waals surface area contributed by atoms with Crippen molar-refractivity contribution in [3.63, 3.8) is 0 Å². The lowest BCUT2D eigenvalue weighted by molar-refractivity contribution is -0.142. The predicted molar refractivity (Wildman–Crippen MR) is 293 cm³/mol. The number of nitrogens with one attached hydrogen (secondary N) is 9. The van der Waals surface area contributed by atoms with E-state index in [2.05, 4.69) is 57.8 Å². The summed E-state index contributed by atoms with van der Waals surface area (Å²) in [5, 5.41) is 58.5. The Morgan fingerprint density at radius 3 is 1.06 bits per heavy atom. The summed E-state index contributed by atoms with van der Waals surface area (Å²) in [6, 6.07) is -14.5. The summed E-state index contributed by atoms with van der Waals surface area (Å²) in [5.41, 5.74) is 33.5. The van der Waals surface area contributed by atoms with Gasteiger partial charge in [0, 0.05) is 32.4 Å². The Hall–Kier alpha value is -8.43. The van der Waals surface area contributed by atoms with Crippen LogP contribution in [0.5, 0.6) is 0 Å². The van der Waals surface area contributed by atoms with E-state index in [-0.39, 0.29) is 82.4 Å². The lowest BCUT2D eigenvalue weighted by Gasteiger charge is -2.28. The van der Waals surface area contributed by atoms with Gasteiger partial charge in [0.15, 0.2) is 11.9 Å². The van der Waals surface area contributed by atoms with Gasteiger partial charge in [-0.15, -0.1) is 0 Å². The molecule has 464 valence electrons. The van der Waals surface area contributed by atoms with E-state index in [1.165, 1.54) is 13.8 Å². The molecule has 0 aliphatic carbocycles. The topological polar surface area (TPSA) is 592 Å². The number of rotatable bonds is 42. The smallest absolute Gasteiger partial charge is 0.325 e. The van der Waals surface area contributed by atoms with Gasteiger partial charge in [-0.1, -0.05) is 13.8 Å². The second kappa shape index (κ2) is 39.0. The minimum Gasteiger partial charge on any atom is -0.481 e. The molecule has 0 saturated heterocycles. The molecule has 0 aromatic rings. The van der Waals surface area contributed by atoms with Gasteiger partial charge in [0.1, 0.15) is 54.4 Å². The first-order valence-electron chi connectivity index (χ1n) is 26.5. The van der Waals surface area contributed by atoms with Gasteiger partial charge in [0.25, 0.3) is 0 Å². The molecular formula is C48H85N17O17. The standard InChI is InChI=1S/C48H85N17O17/c1-23(2)22-33(65-43(78)28(10-6-7-19-49)61-39(74)27(50)13-16-34(66)67)45(80)63-30(12-9-21-56-48(53)54)42(77)62-29(11-8-20-55-47(51)52)40(75)58-24(3)37(72)57-25(4)38(73)60-32(15-18-36(70)71)44(79)64-31(14-17-35(68)69)41(76)59-26(5)46(81)82/h23-33H,6-22,49-50H2,1-5H3,(H,57,72)(H,58,75)(H,59,76)(H,60,73)(H,61,74)(H,62,77)(H,63,80)(H,64,79)(H,65,78)(H,66,67)(H,68,69)(H,70,71)(H,81,82)(H4,51,52,55)(H4,53,54,56)/t24-,25-,26-,27-,28-,29-,30-,31-,32-,33-/m0/s1. The van der Waals surface area contributed by atoms with E-state index in [9.17, 15) is 77.6 Å². The summed E-state index contributed by atoms with van der Waals surface area (Å²) in [6.45, 7) is 7.20. The van der Waals surface area contributed by atoms with Gasteiger partial charge in [-0.25, -0.2) is 0 Å². The van der Waals surface area contributed by atoms with Crippen LogP contribution in [0.4, 0.5) is 0 Å². The fraction of sp³-hybridized carbons (Fsp3) is 0.688. The zero-order chi connectivity index (χ0) is 62.8. The predicted octanol–water partition coefficient (Wildman–Crippen LogP) is -6.30. The lowest BCUT2D eigenvalue weighted by Crippen LogP contribution is -2.60. The van der Waals surface area contributed by atoms with E-state index >= 15 is 0 Å². The van der Waals surface area contributed by atoms with E-state index in [0.29, 0.717) is 12.8 Å². The van der Waals surface area contributed by atoms with Crippen LogP contribution >= 0.6 is 0 Å². The van der Waals surface area contributed by atoms with Gasteiger partial charge in [-0.05, 0) is 104 Å². The van der Waals surface area contributed by atoms with Gasteiger partial charge in [0.2, 0.25) is 53.2 Å². The number of guanidine groups is 2. The van der Waals surface area contributed by atoms with Crippen molar-refractivity contribution in [3.8, 4) is 0 Å². The molecular weight excluding hydrogens is 1090 g/mol. The van der Waals surface area contributed by atoms with Crippen molar-refractivity contribution in [2.24, 2.45) is 50.3 Å². The van der Waals surface area contributed by atoms with Crippen molar-refractivity contribution in [1.29, 1.82) is 0 Å². The fourth-order valence-corrected chi connectivity index (χ4v) is 7.32. The minimum absolute atomic E-state index is 0.0159. The average Bonchev–Trinajstić information content (AvgIpc) is 3.38. The summed E-state index contributed by atoms with van der Waals surface area (Å²) in [4.78, 5) is 175. The van der Waals surface area contributed by atoms with Crippen LogP contribution in [-0.4, -0.2) is 189 Å². The summed E-state index contributed by atoms with van der Waals surface area (Å²) in [7, 11) is 0. The molecule has 0 rings (SSSR count). The summed E-state index contributed by atoms with van der Waals surface area (Å²) >= 11 is 0. The Labute approximate surface area is 473 Å². The van der Waals surface area contributed by atoms with E-state index < -0.39 is 170 Å². The zero-order valence-electron chi connectivity index (χ0n) is 46.8. The summed E-state index contributed by atoms with van der Waals surface area (Å²) in [5.74, 6) is -14.9. The highest BCUT2D eigenvalue weighted by atomic mass is 16.4. The number of aliphatic imine (C=N–C) groups is 2. The van der Waals surface area contributed by atoms with Crippen molar-refractivity contribution in [3.05, 3.63) is 0 Å². The van der Waals surface area contributed by atoms with Crippen LogP contribution in [0.15, 0.2) is 9.98 Å². The van der Waals surface area contributed by atoms with Crippen LogP contribution in [0.1, 0.15) is 125 Å². The van der Waals surface area contributed by atoms with Gasteiger partial charge in [0.05, 0.1) is 6.04 Å². The maximum Gasteiger partial charge on any atom is 0.325 e. The first kappa shape index (κ1) is 73.6. The molecule has 25 N–H and O–H groups in total. The molecule has 34 nitrogen and oxygen atoms in total. The quantitative estimate of drug-likeness (QED) is 0.0154. The third kappa shape index (κ3) is 32.0. The third-order valence-electron chi connectivity index (χ3n) is 11.9. The highest BCUT2D eigenvalue weighted by molar-refractivity contribution is 5.98. The van der Waals surface area contributed by atoms with Crippen molar-refractivity contribution in [2.75, 3.05) is 19.6 Å². The Morgan fingerprint density at radius 2 is 0.683 bits per heavy atom. The highest BCUT2D eigenvalue weighted by Gasteiger charge is 2.35. The molecule has 0 unspecified atom stereocenters. The minimum atomic E-state index is -1.70. The number of nitrogens with zero attached hydrogens (tertiary/aromatic N) is 2. The molecule has 34 heteroatoms. The number of nitrogens with two attached hydrogens (primary N) is 6. The largest absolute Gasteiger partial charge is 0.481 e. The molecule has 0 fully saturated rings. The number of amides is 9. The van der Waals surface area contributed by atoms with E-state index in [1.54, 1.807) is 13.8 Å². The maximum atomic E-state index is 14.2. The highest BCUT2D eigenvalue weighted by Crippen LogP contribution is 2.12. The number of aliphatic carboxylic acids is 4. The summed E-state index contributed by atoms with van der Waals surface area (Å²) < 4.78 is 0. The monoisotopic (exact) mass is 1170 g/mol. The van der Waals surface area contributed by atoms with Crippen LogP contribution in [0.2, 0.25) is 0 Å². The van der Waals surface area contributed by atoms with E-state index in [0.717, 1.165) is 6.92 Å². The van der Waals surface area contributed by atoms with Crippen LogP contribution in [0.3, 0.4) is 0 Å². The first-order chi connectivity index (χ1) is 38.3. The number of unbranched alkanes of at least 4 members (excludes halogenated alkanes) is 1. The average molecular weight is 1170 g/mol. The SMILES string of the molecule is CC(C)C[C@H](NC(=O)[C@H](CCCCN)NC(=O)[C@@H](N)CCC(=O)O)C(=O)N[C@@H](CCCN=C(N)N)C(=O)N[C@@H](CCCN=C(N)N)C(=O)N[C@@H](C)C(=O)N[C@@H](C)C(=O)N[C@@H](CCC(=O)O)C(=O)N[C@@H](CCC(=O)O)C(=O)N[C@@H](C)C(=O)O. The van der Waals surface area contributed by atoms with Crippen molar-refractivity contribution in [2.45, 2.75) is 185 Å². The van der Waals surface area contributed by atoms with Gasteiger partial charge in [-0.3, -0.25) is 72.3 Å². The molecule has 0 heterocycles. The number of carboxylic acid groups (broad SMARTS) is 4. The maximum absolute atomic E-state index is 14.2. The number of carbonyl (C=O) groups is 13. The van der Waals surface area contributed by atoms with Crippen molar-refractivity contribution >= 4 is 89.0 Å². The molecule has 0 aliphatic rings. The molecule has 0 radical (unpaired) electrons. The first-order valence-corrected chi connectivity index (χ1v) is 26.5. The number of carbonyl (C=O) groups excluding carboxylic acids is 9.